The summed E-state index contributed by atoms with van der Waals surface area (Å²) in [6.45, 7) is 2.41. The van der Waals surface area contributed by atoms with Crippen LogP contribution in [-0.2, 0) is 27.7 Å². The molecular weight excluding hydrogens is 627 g/mol. The molecule has 1 aromatic heterocycles. The molecule has 7 rings (SSSR count). The Balaban J connectivity index is 0.00000161. The Morgan fingerprint density at radius 3 is 2.05 bits per heavy atom. The van der Waals surface area contributed by atoms with Gasteiger partial charge in [-0.2, -0.15) is 0 Å². The van der Waals surface area contributed by atoms with Crippen molar-refractivity contribution in [3.63, 3.8) is 0 Å². The molecule has 0 aliphatic heterocycles. The molecule has 0 fully saturated rings. The predicted molar refractivity (Wildman–Crippen MR) is 160 cm³/mol. The number of rotatable bonds is 5. The number of allylic oxidation sites excluding steroid dienone is 4. The summed E-state index contributed by atoms with van der Waals surface area (Å²) < 4.78 is 4.90. The van der Waals surface area contributed by atoms with Crippen molar-refractivity contribution in [1.82, 2.24) is 0 Å². The van der Waals surface area contributed by atoms with Crippen molar-refractivity contribution in [2.24, 2.45) is 5.92 Å². The van der Waals surface area contributed by atoms with Gasteiger partial charge in [0, 0.05) is 0 Å². The second-order valence-corrected chi connectivity index (χ2v) is 16.6. The molecule has 0 radical (unpaired) electrons. The topological polar surface area (TPSA) is 0 Å². The molecule has 1 atom stereocenters. The summed E-state index contributed by atoms with van der Waals surface area (Å²) in [6, 6.07) is 40.9. The molecular formula is C36H28Cl2SZr. The summed E-state index contributed by atoms with van der Waals surface area (Å²) in [5.74, 6) is 0.432. The van der Waals surface area contributed by atoms with Gasteiger partial charge in [0.25, 0.3) is 0 Å². The van der Waals surface area contributed by atoms with E-state index < -0.39 is 21.3 Å². The first kappa shape index (κ1) is 28.9. The molecule has 1 heterocycles. The van der Waals surface area contributed by atoms with Crippen molar-refractivity contribution in [3.05, 3.63) is 163 Å². The van der Waals surface area contributed by atoms with Crippen LogP contribution in [0.4, 0.5) is 0 Å². The number of hydrogen-bond acceptors (Lipinski definition) is 1. The summed E-state index contributed by atoms with van der Waals surface area (Å²) in [7, 11) is 0. The molecule has 5 aromatic rings. The van der Waals surface area contributed by atoms with Crippen molar-refractivity contribution in [2.45, 2.75) is 13.3 Å². The summed E-state index contributed by atoms with van der Waals surface area (Å²) >= 11 is -0.963. The Hall–Kier alpha value is -2.61. The third kappa shape index (κ3) is 5.12. The third-order valence-corrected chi connectivity index (χ3v) is 16.8. The molecule has 0 amide bonds. The van der Waals surface area contributed by atoms with Crippen LogP contribution in [0, 0.1) is 5.92 Å². The Morgan fingerprint density at radius 1 is 0.725 bits per heavy atom. The average molecular weight is 655 g/mol. The molecule has 2 aliphatic carbocycles. The first-order valence-electron chi connectivity index (χ1n) is 13.3. The van der Waals surface area contributed by atoms with Gasteiger partial charge in [-0.25, -0.2) is 0 Å². The molecule has 0 N–H and O–H groups in total. The summed E-state index contributed by atoms with van der Waals surface area (Å²) in [5, 5.41) is 4.55. The molecule has 4 heteroatoms. The number of thiophene rings is 1. The minimum Gasteiger partial charge on any atom is -1.00 e. The predicted octanol–water partition coefficient (Wildman–Crippen LogP) is 2.46. The van der Waals surface area contributed by atoms with Gasteiger partial charge < -0.3 is 24.8 Å². The second-order valence-electron chi connectivity index (χ2n) is 10.1. The molecule has 196 valence electrons. The van der Waals surface area contributed by atoms with Gasteiger partial charge in [-0.1, -0.05) is 0 Å². The van der Waals surface area contributed by atoms with Gasteiger partial charge in [-0.15, -0.1) is 0 Å². The third-order valence-electron chi connectivity index (χ3n) is 7.89. The molecule has 0 saturated heterocycles. The fraction of sp³-hybridized carbons (Fsp3) is 0.0833. The van der Waals surface area contributed by atoms with Crippen LogP contribution in [0.1, 0.15) is 34.7 Å². The Kier molecular flexibility index (Phi) is 9.03. The maximum absolute atomic E-state index is 2.76. The molecule has 40 heavy (non-hydrogen) atoms. The average Bonchev–Trinajstić information content (AvgIpc) is 3.71. The minimum absolute atomic E-state index is 0. The van der Waals surface area contributed by atoms with Gasteiger partial charge in [-0.05, 0) is 0 Å². The number of halogens is 2. The zero-order chi connectivity index (χ0) is 25.5. The fourth-order valence-electron chi connectivity index (χ4n) is 6.17. The van der Waals surface area contributed by atoms with Crippen molar-refractivity contribution in [2.75, 3.05) is 0 Å². The van der Waals surface area contributed by atoms with Crippen LogP contribution < -0.4 is 28.1 Å². The van der Waals surface area contributed by atoms with Gasteiger partial charge >= 0.3 is 238 Å². The van der Waals surface area contributed by atoms with Crippen molar-refractivity contribution in [3.8, 4) is 11.1 Å². The van der Waals surface area contributed by atoms with Gasteiger partial charge in [0.05, 0.1) is 0 Å². The van der Waals surface area contributed by atoms with Crippen LogP contribution in [0.25, 0.3) is 16.7 Å². The standard InChI is InChI=1S/C13H9.C13H10.C10H9S.2ClH.Zr/c1-3-7-12-10(5-1)9-11-6-2-4-8-13(11)12;1-3-7-12(8-4-1)11-13-9-5-2-6-10-13;1-8-2-3-9(6-8)10-4-5-11-7-10;;;/h1-5,7-8H,9H2;1-10H;2-5,7-8H,1H3;2*1H;/q;;;;;+2/p-2. The Bertz CT molecular complexity index is 1690. The van der Waals surface area contributed by atoms with Crippen molar-refractivity contribution in [1.29, 1.82) is 0 Å². The first-order chi connectivity index (χ1) is 18.8. The fourth-order valence-corrected chi connectivity index (χ4v) is 15.6. The van der Waals surface area contributed by atoms with E-state index in [1.54, 1.807) is 26.7 Å². The molecule has 4 aromatic carbocycles. The van der Waals surface area contributed by atoms with E-state index >= 15 is 0 Å². The molecule has 0 bridgehead atoms. The van der Waals surface area contributed by atoms with E-state index in [0.29, 0.717) is 5.92 Å². The van der Waals surface area contributed by atoms with Gasteiger partial charge in [0.2, 0.25) is 0 Å². The van der Waals surface area contributed by atoms with Crippen LogP contribution in [0.2, 0.25) is 0 Å². The molecule has 0 saturated carbocycles. The van der Waals surface area contributed by atoms with Crippen LogP contribution in [0.5, 0.6) is 0 Å². The van der Waals surface area contributed by atoms with Crippen LogP contribution in [0.15, 0.2) is 135 Å². The van der Waals surface area contributed by atoms with E-state index in [-0.39, 0.29) is 24.8 Å². The van der Waals surface area contributed by atoms with Gasteiger partial charge in [-0.3, -0.25) is 0 Å². The Morgan fingerprint density at radius 2 is 1.38 bits per heavy atom. The van der Waals surface area contributed by atoms with Gasteiger partial charge in [0.15, 0.2) is 0 Å². The largest absolute Gasteiger partial charge is 1.00 e. The maximum atomic E-state index is 2.48. The van der Waals surface area contributed by atoms with Crippen LogP contribution >= 0.6 is 11.3 Å². The van der Waals surface area contributed by atoms with E-state index in [1.807, 2.05) is 0 Å². The van der Waals surface area contributed by atoms with Gasteiger partial charge in [0.1, 0.15) is 0 Å². The van der Waals surface area contributed by atoms with Crippen molar-refractivity contribution < 1.29 is 46.1 Å². The minimum atomic E-state index is -2.76. The molecule has 0 spiro atoms. The number of hydrogen-bond donors (Lipinski definition) is 0. The summed E-state index contributed by atoms with van der Waals surface area (Å²) in [5.41, 5.74) is 11.5. The molecule has 0 nitrogen and oxygen atoms in total. The van der Waals surface area contributed by atoms with E-state index in [2.05, 4.69) is 139 Å². The SMILES string of the molecule is CC1C=CC(c2ccsc2)=[C]1[Zr+2](=[C](c1ccccc1)c1ccccc1)[c]1cccc2c1Cc1ccccc1-2.[Cl-].[Cl-]. The number of fused-ring (bicyclic) bond motifs is 3. The van der Waals surface area contributed by atoms with Crippen molar-refractivity contribution >= 4 is 23.4 Å². The van der Waals surface area contributed by atoms with E-state index in [1.165, 1.54) is 39.0 Å². The molecule has 1 unspecified atom stereocenters. The van der Waals surface area contributed by atoms with Crippen LogP contribution in [-0.4, -0.2) is 3.21 Å². The smallest absolute Gasteiger partial charge is 1.00 e. The zero-order valence-corrected chi connectivity index (χ0v) is 26.9. The summed E-state index contributed by atoms with van der Waals surface area (Å²) in [6.07, 6.45) is 5.88. The molecule has 2 aliphatic rings. The zero-order valence-electron chi connectivity index (χ0n) is 22.2. The first-order valence-corrected chi connectivity index (χ1v) is 17.9. The normalized spacial score (nSPS) is 14.4. The maximum Gasteiger partial charge on any atom is -1.00 e. The quantitative estimate of drug-likeness (QED) is 0.268. The Labute approximate surface area is 261 Å². The van der Waals surface area contributed by atoms with E-state index in [0.717, 1.165) is 6.42 Å². The number of benzene rings is 4. The second kappa shape index (κ2) is 12.5. The van der Waals surface area contributed by atoms with E-state index in [4.69, 9.17) is 0 Å². The monoisotopic (exact) mass is 652 g/mol. The van der Waals surface area contributed by atoms with E-state index in [9.17, 15) is 0 Å². The van der Waals surface area contributed by atoms with Crippen LogP contribution in [0.3, 0.4) is 0 Å². The summed E-state index contributed by atoms with van der Waals surface area (Å²) in [4.78, 5) is 0.